The first-order chi connectivity index (χ1) is 21.8. The van der Waals surface area contributed by atoms with Gasteiger partial charge in [-0.05, 0) is 38.3 Å². The van der Waals surface area contributed by atoms with Gasteiger partial charge in [0.05, 0.1) is 24.1 Å². The number of aliphatic hydroxyl groups excluding tert-OH is 1. The van der Waals surface area contributed by atoms with Crippen molar-refractivity contribution in [3.8, 4) is 0 Å². The van der Waals surface area contributed by atoms with Gasteiger partial charge in [0.15, 0.2) is 0 Å². The number of nitrogens with one attached hydrogen (secondary N) is 1. The maximum absolute atomic E-state index is 14.8. The molecule has 2 saturated heterocycles. The number of carbonyl (C=O) groups is 4. The molecular weight excluding hydrogens is 580 g/mol. The van der Waals surface area contributed by atoms with Crippen LogP contribution < -0.4 is 5.32 Å². The number of carbonyl (C=O) groups excluding carboxylic acids is 4. The van der Waals surface area contributed by atoms with Crippen LogP contribution in [0.4, 0.5) is 0 Å². The zero-order valence-electron chi connectivity index (χ0n) is 25.4. The van der Waals surface area contributed by atoms with Crippen molar-refractivity contribution in [3.63, 3.8) is 0 Å². The third-order valence-corrected chi connectivity index (χ3v) is 9.16. The van der Waals surface area contributed by atoms with Crippen LogP contribution in [0.2, 0.25) is 0 Å². The molecule has 5 bridgehead atoms. The number of nitrogens with zero attached hydrogens (tertiary/aromatic N) is 5. The number of aliphatic hydroxyl groups is 1. The number of esters is 1. The number of rotatable bonds is 8. The Morgan fingerprint density at radius 1 is 1.07 bits per heavy atom. The highest BCUT2D eigenvalue weighted by Crippen LogP contribution is 2.55. The van der Waals surface area contributed by atoms with Crippen LogP contribution in [0, 0.1) is 11.8 Å². The van der Waals surface area contributed by atoms with Crippen molar-refractivity contribution in [3.05, 3.63) is 48.6 Å². The third-order valence-electron chi connectivity index (χ3n) is 9.16. The smallest absolute Gasteiger partial charge is 0.313 e. The van der Waals surface area contributed by atoms with Gasteiger partial charge in [-0.3, -0.25) is 19.2 Å². The highest BCUT2D eigenvalue weighted by atomic mass is 16.6. The van der Waals surface area contributed by atoms with Crippen molar-refractivity contribution in [2.45, 2.75) is 76.0 Å². The lowest BCUT2D eigenvalue weighted by molar-refractivity contribution is -0.158. The summed E-state index contributed by atoms with van der Waals surface area (Å²) in [6.07, 6.45) is 9.48. The number of amides is 3. The summed E-state index contributed by atoms with van der Waals surface area (Å²) >= 11 is 0. The maximum atomic E-state index is 14.8. The van der Waals surface area contributed by atoms with E-state index in [1.165, 1.54) is 0 Å². The monoisotopic (exact) mass is 620 g/mol. The molecular formula is C32H40N6O7. The summed E-state index contributed by atoms with van der Waals surface area (Å²) < 4.78 is 13.8. The zero-order chi connectivity index (χ0) is 31.6. The molecule has 4 aliphatic heterocycles. The Balaban J connectivity index is 1.37. The van der Waals surface area contributed by atoms with E-state index in [1.54, 1.807) is 33.6 Å². The van der Waals surface area contributed by atoms with E-state index in [9.17, 15) is 24.3 Å². The minimum atomic E-state index is -1.33. The molecule has 0 saturated carbocycles. The van der Waals surface area contributed by atoms with Gasteiger partial charge in [0.1, 0.15) is 35.9 Å². The first-order valence-corrected chi connectivity index (χ1v) is 15.8. The minimum absolute atomic E-state index is 0.0656. The lowest BCUT2D eigenvalue weighted by atomic mass is 9.74. The van der Waals surface area contributed by atoms with Crippen LogP contribution >= 0.6 is 0 Å². The van der Waals surface area contributed by atoms with Gasteiger partial charge in [0, 0.05) is 26.1 Å². The second-order valence-electron chi connectivity index (χ2n) is 12.2. The van der Waals surface area contributed by atoms with Gasteiger partial charge in [-0.25, -0.2) is 4.68 Å². The van der Waals surface area contributed by atoms with Crippen LogP contribution in [0.25, 0.3) is 11.0 Å². The molecule has 13 nitrogen and oxygen atoms in total. The fourth-order valence-electron chi connectivity index (χ4n) is 6.98. The summed E-state index contributed by atoms with van der Waals surface area (Å²) in [6.45, 7) is 2.50. The van der Waals surface area contributed by atoms with Crippen LogP contribution in [0.3, 0.4) is 0 Å². The average molecular weight is 621 g/mol. The van der Waals surface area contributed by atoms with Crippen LogP contribution in [0.15, 0.2) is 48.6 Å². The molecule has 4 aliphatic rings. The highest BCUT2D eigenvalue weighted by Gasteiger charge is 2.73. The Morgan fingerprint density at radius 2 is 1.89 bits per heavy atom. The van der Waals surface area contributed by atoms with E-state index in [1.807, 2.05) is 36.4 Å². The molecule has 6 rings (SSSR count). The summed E-state index contributed by atoms with van der Waals surface area (Å²) in [6, 6.07) is 6.45. The van der Waals surface area contributed by atoms with Gasteiger partial charge in [-0.15, -0.1) is 5.10 Å². The number of likely N-dealkylation sites (tertiary alicyclic amines) is 1. The number of cyclic esters (lactones) is 1. The van der Waals surface area contributed by atoms with Crippen LogP contribution in [-0.4, -0.2) is 104 Å². The fourth-order valence-corrected chi connectivity index (χ4v) is 6.98. The Labute approximate surface area is 261 Å². The lowest BCUT2D eigenvalue weighted by Crippen LogP contribution is -2.56. The van der Waals surface area contributed by atoms with Crippen LogP contribution in [-0.2, 0) is 35.3 Å². The molecule has 0 radical (unpaired) electrons. The maximum Gasteiger partial charge on any atom is 0.313 e. The predicted molar refractivity (Wildman–Crippen MR) is 161 cm³/mol. The Hall–Kier alpha value is -4.10. The molecule has 2 N–H and O–H groups in total. The fraction of sp³-hybridized carbons (Fsp3) is 0.562. The van der Waals surface area contributed by atoms with Crippen molar-refractivity contribution in [2.24, 2.45) is 11.8 Å². The molecule has 2 fully saturated rings. The van der Waals surface area contributed by atoms with E-state index in [0.717, 1.165) is 18.4 Å². The quantitative estimate of drug-likeness (QED) is 0.252. The summed E-state index contributed by atoms with van der Waals surface area (Å²) in [5, 5.41) is 20.5. The van der Waals surface area contributed by atoms with E-state index >= 15 is 0 Å². The summed E-state index contributed by atoms with van der Waals surface area (Å²) in [7, 11) is 0. The van der Waals surface area contributed by atoms with E-state index in [2.05, 4.69) is 15.6 Å². The Bertz CT molecular complexity index is 1510. The van der Waals surface area contributed by atoms with Crippen LogP contribution in [0.1, 0.15) is 45.4 Å². The van der Waals surface area contributed by atoms with Crippen molar-refractivity contribution in [1.29, 1.82) is 0 Å². The molecule has 1 spiro atoms. The number of allylic oxidation sites excluding steroid dienone is 1. The molecule has 0 unspecified atom stereocenters. The van der Waals surface area contributed by atoms with Gasteiger partial charge >= 0.3 is 5.97 Å². The zero-order valence-corrected chi connectivity index (χ0v) is 25.4. The molecule has 1 aromatic carbocycles. The first kappa shape index (κ1) is 30.9. The number of para-hydroxylation sites is 1. The van der Waals surface area contributed by atoms with Crippen molar-refractivity contribution in [1.82, 2.24) is 30.1 Å². The van der Waals surface area contributed by atoms with Crippen molar-refractivity contribution >= 4 is 34.7 Å². The molecule has 45 heavy (non-hydrogen) atoms. The number of aromatic nitrogens is 3. The van der Waals surface area contributed by atoms with E-state index < -0.39 is 41.7 Å². The van der Waals surface area contributed by atoms with E-state index in [0.29, 0.717) is 31.3 Å². The largest absolute Gasteiger partial charge is 0.460 e. The van der Waals surface area contributed by atoms with Crippen molar-refractivity contribution in [2.75, 3.05) is 26.2 Å². The predicted octanol–water partition coefficient (Wildman–Crippen LogP) is 1.32. The molecule has 13 heteroatoms. The van der Waals surface area contributed by atoms with Gasteiger partial charge in [-0.1, -0.05) is 54.5 Å². The van der Waals surface area contributed by atoms with Crippen LogP contribution in [0.5, 0.6) is 0 Å². The normalized spacial score (nSPS) is 31.0. The lowest BCUT2D eigenvalue weighted by Gasteiger charge is -2.35. The Morgan fingerprint density at radius 3 is 2.73 bits per heavy atom. The van der Waals surface area contributed by atoms with Gasteiger partial charge < -0.3 is 29.7 Å². The van der Waals surface area contributed by atoms with E-state index in [4.69, 9.17) is 9.47 Å². The number of hydrogen-bond donors (Lipinski definition) is 2. The molecule has 240 valence electrons. The number of fused-ring (bicyclic) bond motifs is 3. The van der Waals surface area contributed by atoms with Gasteiger partial charge in [0.25, 0.3) is 5.91 Å². The molecule has 3 amide bonds. The molecule has 2 aromatic rings. The van der Waals surface area contributed by atoms with Gasteiger partial charge in [0.2, 0.25) is 11.8 Å². The molecule has 1 aromatic heterocycles. The second-order valence-corrected chi connectivity index (χ2v) is 12.2. The minimum Gasteiger partial charge on any atom is -0.460 e. The van der Waals surface area contributed by atoms with Crippen molar-refractivity contribution < 1.29 is 33.8 Å². The molecule has 0 aliphatic carbocycles. The second kappa shape index (κ2) is 13.1. The van der Waals surface area contributed by atoms with Gasteiger partial charge in [-0.2, -0.15) is 0 Å². The average Bonchev–Trinajstić information content (AvgIpc) is 3.78. The number of hydrogen-bond acceptors (Lipinski definition) is 9. The first-order valence-electron chi connectivity index (χ1n) is 15.8. The highest BCUT2D eigenvalue weighted by molar-refractivity contribution is 5.99. The number of unbranched alkanes of at least 4 members (excludes halogenated alkanes) is 3. The number of benzene rings is 1. The topological polar surface area (TPSA) is 156 Å². The van der Waals surface area contributed by atoms with E-state index in [-0.39, 0.29) is 50.5 Å². The molecule has 5 heterocycles. The summed E-state index contributed by atoms with van der Waals surface area (Å²) in [5.74, 6) is -3.25. The Kier molecular flexibility index (Phi) is 8.99. The summed E-state index contributed by atoms with van der Waals surface area (Å²) in [5.41, 5.74) is 0.113. The number of ether oxygens (including phenoxy) is 2. The SMILES string of the molecule is C[C@@H]1CNC(=O)CC/C=C\CN(Cn2nnc3ccccc32)C(=O)[C@@H]2N(CCCCCCO)C(=O)[C@H]3[C@H](C(=O)O1)[C@@H]1C=C[C@]23O1. The summed E-state index contributed by atoms with van der Waals surface area (Å²) in [4.78, 5) is 58.2. The molecule has 6 atom stereocenters. The third kappa shape index (κ3) is 5.86. The standard InChI is InChI=1S/C32H40N6O7/c1-21-19-33-25(40)13-5-4-8-16-36(20-38-23-12-7-6-11-22(23)34-35-38)30(42)28-32-15-14-24(45-32)26(31(43)44-21)27(32)29(41)37(28)17-9-2-3-10-18-39/h4,6-8,11-12,14-15,21,24,26-28,39H,2-3,5,9-10,13,16-20H2,1H3,(H,33,40)/b8-4-/t21-,24+,26-,27-,28+,32-/m1/s1.